The number of rotatable bonds is 3. The average molecular weight is 534 g/mol. The highest BCUT2D eigenvalue weighted by Gasteiger charge is 2.22. The summed E-state index contributed by atoms with van der Waals surface area (Å²) < 4.78 is 0. The van der Waals surface area contributed by atoms with Gasteiger partial charge < -0.3 is 0 Å². The number of aromatic nitrogens is 3. The van der Waals surface area contributed by atoms with Crippen molar-refractivity contribution in [3.05, 3.63) is 140 Å². The van der Waals surface area contributed by atoms with Crippen LogP contribution in [0.4, 0.5) is 0 Å². The Morgan fingerprint density at radius 1 is 0.381 bits per heavy atom. The molecule has 0 unspecified atom stereocenters. The number of benzene rings is 5. The molecule has 194 valence electrons. The van der Waals surface area contributed by atoms with E-state index in [1.54, 1.807) is 6.20 Å². The van der Waals surface area contributed by atoms with E-state index in [-0.39, 0.29) is 0 Å². The number of pyridine rings is 3. The highest BCUT2D eigenvalue weighted by molar-refractivity contribution is 6.18. The quantitative estimate of drug-likeness (QED) is 0.212. The summed E-state index contributed by atoms with van der Waals surface area (Å²) in [7, 11) is 0. The maximum Gasteiger partial charge on any atom is 0.0972 e. The van der Waals surface area contributed by atoms with Crippen molar-refractivity contribution < 1.29 is 0 Å². The van der Waals surface area contributed by atoms with Crippen LogP contribution in [-0.2, 0) is 0 Å². The van der Waals surface area contributed by atoms with Gasteiger partial charge in [0.25, 0.3) is 0 Å². The molecule has 0 bridgehead atoms. The van der Waals surface area contributed by atoms with E-state index in [0.29, 0.717) is 0 Å². The molecule has 3 nitrogen and oxygen atoms in total. The van der Waals surface area contributed by atoms with Crippen LogP contribution in [0, 0.1) is 0 Å². The summed E-state index contributed by atoms with van der Waals surface area (Å²) in [5.74, 6) is 0. The molecule has 1 aliphatic carbocycles. The molecule has 0 radical (unpaired) electrons. The Labute approximate surface area is 242 Å². The van der Waals surface area contributed by atoms with Gasteiger partial charge in [-0.3, -0.25) is 4.98 Å². The first-order valence-electron chi connectivity index (χ1n) is 14.2. The monoisotopic (exact) mass is 533 g/mol. The minimum Gasteiger partial charge on any atom is -0.264 e. The Hall–Kier alpha value is -5.67. The van der Waals surface area contributed by atoms with Crippen molar-refractivity contribution in [1.29, 1.82) is 0 Å². The second kappa shape index (κ2) is 8.92. The third kappa shape index (κ3) is 3.44. The number of hydrogen-bond donors (Lipinski definition) is 0. The molecule has 0 saturated carbocycles. The molecule has 0 N–H and O–H groups in total. The first-order chi connectivity index (χ1) is 20.8. The topological polar surface area (TPSA) is 38.7 Å². The van der Waals surface area contributed by atoms with Crippen LogP contribution in [0.2, 0.25) is 0 Å². The Morgan fingerprint density at radius 2 is 0.976 bits per heavy atom. The van der Waals surface area contributed by atoms with E-state index >= 15 is 0 Å². The van der Waals surface area contributed by atoms with Crippen LogP contribution in [0.25, 0.3) is 88.5 Å². The van der Waals surface area contributed by atoms with E-state index in [0.717, 1.165) is 44.3 Å². The minimum atomic E-state index is 0.896. The molecule has 0 aliphatic heterocycles. The lowest BCUT2D eigenvalue weighted by atomic mass is 9.93. The summed E-state index contributed by atoms with van der Waals surface area (Å²) >= 11 is 0. The van der Waals surface area contributed by atoms with E-state index in [1.165, 1.54) is 44.2 Å². The molecule has 3 heterocycles. The van der Waals surface area contributed by atoms with Gasteiger partial charge in [-0.05, 0) is 68.4 Å². The molecule has 1 aliphatic rings. The molecular formula is C39H23N3. The molecule has 0 fully saturated rings. The molecule has 0 saturated heterocycles. The van der Waals surface area contributed by atoms with Crippen LogP contribution < -0.4 is 0 Å². The summed E-state index contributed by atoms with van der Waals surface area (Å²) in [5, 5.41) is 4.79. The fraction of sp³-hybridized carbons (Fsp3) is 0. The van der Waals surface area contributed by atoms with E-state index in [2.05, 4.69) is 114 Å². The maximum atomic E-state index is 5.14. The molecule has 5 aromatic carbocycles. The van der Waals surface area contributed by atoms with E-state index in [4.69, 9.17) is 9.97 Å². The third-order valence-electron chi connectivity index (χ3n) is 8.52. The lowest BCUT2D eigenvalue weighted by molar-refractivity contribution is 1.30. The molecule has 0 amide bonds. The van der Waals surface area contributed by atoms with Crippen LogP contribution in [-0.4, -0.2) is 15.0 Å². The lowest BCUT2D eigenvalue weighted by Gasteiger charge is -2.11. The van der Waals surface area contributed by atoms with Gasteiger partial charge in [0, 0.05) is 34.3 Å². The zero-order chi connectivity index (χ0) is 27.6. The Balaban J connectivity index is 1.13. The highest BCUT2D eigenvalue weighted by Crippen LogP contribution is 2.49. The third-order valence-corrected chi connectivity index (χ3v) is 8.52. The maximum absolute atomic E-state index is 5.14. The summed E-state index contributed by atoms with van der Waals surface area (Å²) in [6.45, 7) is 0. The Kier molecular flexibility index (Phi) is 4.90. The highest BCUT2D eigenvalue weighted by atomic mass is 14.8. The van der Waals surface area contributed by atoms with Gasteiger partial charge in [0.15, 0.2) is 0 Å². The van der Waals surface area contributed by atoms with Gasteiger partial charge in [0.2, 0.25) is 0 Å². The first-order valence-corrected chi connectivity index (χ1v) is 14.2. The van der Waals surface area contributed by atoms with E-state index in [1.807, 2.05) is 24.4 Å². The molecule has 8 aromatic rings. The van der Waals surface area contributed by atoms with Crippen molar-refractivity contribution in [2.75, 3.05) is 0 Å². The molecular weight excluding hydrogens is 510 g/mol. The summed E-state index contributed by atoms with van der Waals surface area (Å²) in [6, 6.07) is 45.4. The first kappa shape index (κ1) is 23.1. The fourth-order valence-electron chi connectivity index (χ4n) is 6.48. The smallest absolute Gasteiger partial charge is 0.0972 e. The number of nitrogens with zero attached hydrogens (tertiary/aromatic N) is 3. The average Bonchev–Trinajstić information content (AvgIpc) is 3.40. The van der Waals surface area contributed by atoms with Crippen LogP contribution in [0.15, 0.2) is 140 Å². The van der Waals surface area contributed by atoms with Gasteiger partial charge in [-0.15, -0.1) is 0 Å². The normalized spacial score (nSPS) is 11.8. The standard InChI is InChI=1S/C39H23N3/c1-2-7-31-30(6-1)33-9-3-8-32-29(18-19-34(31)37(32)33)24-10-12-25(13-11-24)35-20-16-26-14-15-27-17-21-36(28-5-4-22-40-23-28)42-39(27)38(26)41-35/h1-23H. The zero-order valence-electron chi connectivity index (χ0n) is 22.6. The summed E-state index contributed by atoms with van der Waals surface area (Å²) in [5.41, 5.74) is 13.5. The lowest BCUT2D eigenvalue weighted by Crippen LogP contribution is -1.91. The molecule has 0 spiro atoms. The Morgan fingerprint density at radius 3 is 1.67 bits per heavy atom. The largest absolute Gasteiger partial charge is 0.264 e. The molecule has 42 heavy (non-hydrogen) atoms. The second-order valence-electron chi connectivity index (χ2n) is 10.9. The van der Waals surface area contributed by atoms with Gasteiger partial charge in [0.05, 0.1) is 22.4 Å². The molecule has 9 rings (SSSR count). The number of fused-ring (bicyclic) bond motifs is 6. The SMILES string of the molecule is c1cncc(-c2ccc3ccc4ccc(-c5ccc(-c6ccc7c8c(cccc68)-c6ccccc6-7)cc5)nc4c3n2)c1. The van der Waals surface area contributed by atoms with Crippen LogP contribution in [0.5, 0.6) is 0 Å². The van der Waals surface area contributed by atoms with Crippen LogP contribution in [0.1, 0.15) is 0 Å². The van der Waals surface area contributed by atoms with Gasteiger partial charge in [0.1, 0.15) is 0 Å². The second-order valence-corrected chi connectivity index (χ2v) is 10.9. The van der Waals surface area contributed by atoms with Crippen molar-refractivity contribution in [1.82, 2.24) is 15.0 Å². The van der Waals surface area contributed by atoms with Gasteiger partial charge in [-0.2, -0.15) is 0 Å². The van der Waals surface area contributed by atoms with Crippen molar-refractivity contribution in [2.24, 2.45) is 0 Å². The number of hydrogen-bond acceptors (Lipinski definition) is 3. The van der Waals surface area contributed by atoms with Crippen molar-refractivity contribution >= 4 is 32.6 Å². The van der Waals surface area contributed by atoms with E-state index in [9.17, 15) is 0 Å². The zero-order valence-corrected chi connectivity index (χ0v) is 22.6. The van der Waals surface area contributed by atoms with E-state index < -0.39 is 0 Å². The van der Waals surface area contributed by atoms with Crippen molar-refractivity contribution in [2.45, 2.75) is 0 Å². The Bertz CT molecular complexity index is 2310. The van der Waals surface area contributed by atoms with Gasteiger partial charge >= 0.3 is 0 Å². The van der Waals surface area contributed by atoms with Gasteiger partial charge in [-0.1, -0.05) is 103 Å². The van der Waals surface area contributed by atoms with Crippen LogP contribution in [0.3, 0.4) is 0 Å². The molecule has 0 atom stereocenters. The fourth-order valence-corrected chi connectivity index (χ4v) is 6.48. The molecule has 3 aromatic heterocycles. The van der Waals surface area contributed by atoms with Crippen LogP contribution >= 0.6 is 0 Å². The minimum absolute atomic E-state index is 0.896. The molecule has 3 heteroatoms. The summed E-state index contributed by atoms with van der Waals surface area (Å²) in [4.78, 5) is 14.4. The predicted molar refractivity (Wildman–Crippen MR) is 173 cm³/mol. The van der Waals surface area contributed by atoms with Crippen molar-refractivity contribution in [3.8, 4) is 55.9 Å². The van der Waals surface area contributed by atoms with Gasteiger partial charge in [-0.25, -0.2) is 9.97 Å². The summed E-state index contributed by atoms with van der Waals surface area (Å²) in [6.07, 6.45) is 3.63. The predicted octanol–water partition coefficient (Wildman–Crippen LogP) is 9.98. The van der Waals surface area contributed by atoms with Crippen molar-refractivity contribution in [3.63, 3.8) is 0 Å².